The largest absolute Gasteiger partial charge is 0.377 e. The van der Waals surface area contributed by atoms with Crippen LogP contribution in [0.2, 0.25) is 0 Å². The molecule has 22 heavy (non-hydrogen) atoms. The molecule has 9 nitrogen and oxygen atoms in total. The fourth-order valence-corrected chi connectivity index (χ4v) is 2.40. The molecule has 1 aliphatic rings. The number of primary sulfonamides is 1. The maximum atomic E-state index is 11.5. The number of nitrogens with one attached hydrogen (secondary N) is 2. The van der Waals surface area contributed by atoms with Gasteiger partial charge in [-0.15, -0.1) is 0 Å². The Hall–Kier alpha value is -2.46. The number of rotatable bonds is 6. The van der Waals surface area contributed by atoms with Gasteiger partial charge in [0.2, 0.25) is 10.0 Å². The molecule has 118 valence electrons. The van der Waals surface area contributed by atoms with Gasteiger partial charge in [-0.05, 0) is 6.07 Å². The molecule has 0 aromatic heterocycles. The van der Waals surface area contributed by atoms with Crippen molar-refractivity contribution >= 4 is 32.1 Å². The normalized spacial score (nSPS) is 14.1. The minimum Gasteiger partial charge on any atom is -0.377 e. The summed E-state index contributed by atoms with van der Waals surface area (Å²) in [6, 6.07) is 3.81. The average Bonchev–Trinajstić information content (AvgIpc) is 2.96. The van der Waals surface area contributed by atoms with Gasteiger partial charge in [0.05, 0.1) is 22.9 Å². The predicted octanol–water partition coefficient (Wildman–Crippen LogP) is 0.268. The van der Waals surface area contributed by atoms with Crippen LogP contribution < -0.4 is 15.8 Å². The van der Waals surface area contributed by atoms with Gasteiger partial charge in [-0.25, -0.2) is 13.6 Å². The first kappa shape index (κ1) is 15.9. The molecule has 1 aromatic carbocycles. The molecule has 0 aliphatic carbocycles. The van der Waals surface area contributed by atoms with Gasteiger partial charge in [0.15, 0.2) is 0 Å². The summed E-state index contributed by atoms with van der Waals surface area (Å²) in [5.41, 5.74) is 0.193. The lowest BCUT2D eigenvalue weighted by Crippen LogP contribution is -2.26. The van der Waals surface area contributed by atoms with E-state index in [9.17, 15) is 18.5 Å². The van der Waals surface area contributed by atoms with Crippen LogP contribution in [0.25, 0.3) is 4.91 Å². The van der Waals surface area contributed by atoms with Gasteiger partial charge in [-0.1, -0.05) is 6.58 Å². The highest BCUT2D eigenvalue weighted by Crippen LogP contribution is 2.29. The van der Waals surface area contributed by atoms with Crippen molar-refractivity contribution < 1.29 is 13.3 Å². The fraction of sp³-hybridized carbons (Fsp3) is 0.250. The minimum absolute atomic E-state index is 0.0651. The first-order chi connectivity index (χ1) is 10.3. The molecule has 0 atom stereocenters. The highest BCUT2D eigenvalue weighted by molar-refractivity contribution is 7.98. The van der Waals surface area contributed by atoms with Gasteiger partial charge in [-0.3, -0.25) is 15.1 Å². The third-order valence-corrected chi connectivity index (χ3v) is 3.95. The number of anilines is 1. The van der Waals surface area contributed by atoms with E-state index >= 15 is 0 Å². The van der Waals surface area contributed by atoms with Crippen LogP contribution in [0.5, 0.6) is 0 Å². The number of sulfonamides is 1. The average molecular weight is 325 g/mol. The second kappa shape index (κ2) is 6.12. The Kier molecular flexibility index (Phi) is 4.43. The van der Waals surface area contributed by atoms with E-state index in [1.807, 2.05) is 0 Å². The van der Waals surface area contributed by atoms with E-state index in [-0.39, 0.29) is 16.2 Å². The van der Waals surface area contributed by atoms with Crippen LogP contribution in [0, 0.1) is 10.1 Å². The van der Waals surface area contributed by atoms with Crippen molar-refractivity contribution in [3.05, 3.63) is 40.5 Å². The number of non-ortho nitro benzene ring substituents is 1. The highest BCUT2D eigenvalue weighted by atomic mass is 32.2. The molecule has 0 bridgehead atoms. The van der Waals surface area contributed by atoms with Gasteiger partial charge in [-0.2, -0.15) is 0 Å². The lowest BCUT2D eigenvalue weighted by atomic mass is 10.1. The number of hydrogen-bond acceptors (Lipinski definition) is 7. The Bertz CT molecular complexity index is 757. The second-order valence-electron chi connectivity index (χ2n) is 4.56. The summed E-state index contributed by atoms with van der Waals surface area (Å²) in [6.45, 7) is 5.17. The van der Waals surface area contributed by atoms with E-state index in [1.165, 1.54) is 12.1 Å². The second-order valence-corrected chi connectivity index (χ2v) is 6.15. The predicted molar refractivity (Wildman–Crippen MR) is 84.0 cm³/mol. The van der Waals surface area contributed by atoms with Crippen molar-refractivity contribution in [2.75, 3.05) is 25.0 Å². The molecular weight excluding hydrogens is 310 g/mol. The maximum Gasteiger partial charge on any atom is 0.270 e. The van der Waals surface area contributed by atoms with Crippen LogP contribution in [0.4, 0.5) is 11.4 Å². The third-order valence-electron chi connectivity index (χ3n) is 3.05. The standard InChI is InChI=1S/C12H15N5O4S/c1-8(22(13,20)21)10-6-9(17(18)19)2-3-11(10)16-7-12-14-4-5-15-12/h2-3,6,16H,1,4-5,7H2,(H,14,15)(H2,13,20,21). The fourth-order valence-electron chi connectivity index (χ4n) is 1.93. The van der Waals surface area contributed by atoms with Crippen LogP contribution in [0.15, 0.2) is 29.8 Å². The van der Waals surface area contributed by atoms with Gasteiger partial charge < -0.3 is 10.6 Å². The molecule has 0 unspecified atom stereocenters. The Morgan fingerprint density at radius 1 is 1.55 bits per heavy atom. The number of nitrogens with two attached hydrogens (primary N) is 1. The molecule has 0 fully saturated rings. The first-order valence-corrected chi connectivity index (χ1v) is 7.85. The minimum atomic E-state index is -4.06. The van der Waals surface area contributed by atoms with Crippen molar-refractivity contribution in [3.8, 4) is 0 Å². The zero-order chi connectivity index (χ0) is 16.3. The van der Waals surface area contributed by atoms with Crippen molar-refractivity contribution in [2.24, 2.45) is 10.1 Å². The molecule has 0 saturated heterocycles. The van der Waals surface area contributed by atoms with Crippen LogP contribution in [-0.2, 0) is 10.0 Å². The summed E-state index contributed by atoms with van der Waals surface area (Å²) in [6.07, 6.45) is 0. The van der Waals surface area contributed by atoms with Crippen LogP contribution in [0.3, 0.4) is 0 Å². The molecule has 4 N–H and O–H groups in total. The summed E-state index contributed by atoms with van der Waals surface area (Å²) in [5.74, 6) is 0.727. The van der Waals surface area contributed by atoms with Crippen molar-refractivity contribution in [1.82, 2.24) is 5.32 Å². The number of nitro benzene ring substituents is 1. The first-order valence-electron chi connectivity index (χ1n) is 6.30. The van der Waals surface area contributed by atoms with Crippen molar-refractivity contribution in [1.29, 1.82) is 0 Å². The molecule has 0 amide bonds. The zero-order valence-corrected chi connectivity index (χ0v) is 12.4. The Balaban J connectivity index is 2.34. The van der Waals surface area contributed by atoms with E-state index in [4.69, 9.17) is 5.14 Å². The van der Waals surface area contributed by atoms with E-state index in [0.717, 1.165) is 18.4 Å². The summed E-state index contributed by atoms with van der Waals surface area (Å²) in [4.78, 5) is 14.0. The maximum absolute atomic E-state index is 11.5. The number of nitro groups is 1. The molecule has 1 aliphatic heterocycles. The highest BCUT2D eigenvalue weighted by Gasteiger charge is 2.19. The van der Waals surface area contributed by atoms with Crippen molar-refractivity contribution in [2.45, 2.75) is 0 Å². The summed E-state index contributed by atoms with van der Waals surface area (Å²) in [7, 11) is -4.06. The van der Waals surface area contributed by atoms with E-state index in [2.05, 4.69) is 22.2 Å². The third kappa shape index (κ3) is 3.59. The van der Waals surface area contributed by atoms with Gasteiger partial charge >= 0.3 is 0 Å². The molecule has 2 rings (SSSR count). The van der Waals surface area contributed by atoms with Crippen LogP contribution in [0.1, 0.15) is 5.56 Å². The zero-order valence-electron chi connectivity index (χ0n) is 11.6. The number of benzene rings is 1. The molecule has 1 heterocycles. The molecule has 0 saturated carbocycles. The summed E-state index contributed by atoms with van der Waals surface area (Å²) in [5, 5.41) is 21.9. The van der Waals surface area contributed by atoms with Crippen LogP contribution >= 0.6 is 0 Å². The molecular formula is C12H15N5O4S. The number of aliphatic imine (C=N–C) groups is 1. The van der Waals surface area contributed by atoms with Crippen molar-refractivity contribution in [3.63, 3.8) is 0 Å². The van der Waals surface area contributed by atoms with Crippen LogP contribution in [-0.4, -0.2) is 38.8 Å². The lowest BCUT2D eigenvalue weighted by Gasteiger charge is -2.13. The lowest BCUT2D eigenvalue weighted by molar-refractivity contribution is -0.384. The molecule has 0 spiro atoms. The quantitative estimate of drug-likeness (QED) is 0.506. The SMILES string of the molecule is C=C(c1cc([N+](=O)[O-])ccc1NCC1=NCCN1)S(N)(=O)=O. The number of hydrogen-bond donors (Lipinski definition) is 3. The smallest absolute Gasteiger partial charge is 0.270 e. The molecule has 10 heteroatoms. The Morgan fingerprint density at radius 3 is 2.82 bits per heavy atom. The Labute approximate surface area is 127 Å². The number of nitrogens with zero attached hydrogens (tertiary/aromatic N) is 2. The monoisotopic (exact) mass is 325 g/mol. The topological polar surface area (TPSA) is 140 Å². The number of amidine groups is 1. The summed E-state index contributed by atoms with van der Waals surface area (Å²) < 4.78 is 22.9. The van der Waals surface area contributed by atoms with Gasteiger partial charge in [0, 0.05) is 29.9 Å². The molecule has 1 aromatic rings. The van der Waals surface area contributed by atoms with E-state index in [0.29, 0.717) is 18.8 Å². The Morgan fingerprint density at radius 2 is 2.27 bits per heavy atom. The summed E-state index contributed by atoms with van der Waals surface area (Å²) >= 11 is 0. The van der Waals surface area contributed by atoms with Gasteiger partial charge in [0.1, 0.15) is 5.84 Å². The van der Waals surface area contributed by atoms with Gasteiger partial charge in [0.25, 0.3) is 5.69 Å². The molecule has 0 radical (unpaired) electrons. The van der Waals surface area contributed by atoms with E-state index in [1.54, 1.807) is 0 Å². The van der Waals surface area contributed by atoms with E-state index < -0.39 is 14.9 Å².